The van der Waals surface area contributed by atoms with Crippen molar-refractivity contribution in [2.24, 2.45) is 0 Å². The number of carbonyl (C=O) groups is 4. The van der Waals surface area contributed by atoms with Gasteiger partial charge in [-0.2, -0.15) is 0 Å². The highest BCUT2D eigenvalue weighted by Crippen LogP contribution is 2.48. The molecule has 1 spiro atoms. The van der Waals surface area contributed by atoms with Gasteiger partial charge in [0.25, 0.3) is 5.91 Å². The Kier molecular flexibility index (Phi) is 3.10. The molecule has 1 N–H and O–H groups in total. The fourth-order valence-electron chi connectivity index (χ4n) is 3.58. The van der Waals surface area contributed by atoms with Crippen molar-refractivity contribution < 1.29 is 19.2 Å². The predicted octanol–water partition coefficient (Wildman–Crippen LogP) is 2.16. The van der Waals surface area contributed by atoms with Crippen LogP contribution in [0.3, 0.4) is 0 Å². The normalized spacial score (nSPS) is 25.6. The first kappa shape index (κ1) is 16.1. The second-order valence-electron chi connectivity index (χ2n) is 7.34. The maximum Gasteiger partial charge on any atom is 0.325 e. The molecule has 128 valence electrons. The molecule has 1 unspecified atom stereocenters. The summed E-state index contributed by atoms with van der Waals surface area (Å²) in [6, 6.07) is 6.04. The first-order valence-corrected chi connectivity index (χ1v) is 8.90. The van der Waals surface area contributed by atoms with Crippen molar-refractivity contribution in [3.05, 3.63) is 45.9 Å². The Labute approximate surface area is 148 Å². The average Bonchev–Trinajstić information content (AvgIpc) is 3.03. The van der Waals surface area contributed by atoms with Gasteiger partial charge in [0.1, 0.15) is 0 Å². The summed E-state index contributed by atoms with van der Waals surface area (Å²) < 4.78 is 0. The van der Waals surface area contributed by atoms with Crippen LogP contribution in [0, 0.1) is 0 Å². The number of hydrogen-bond acceptors (Lipinski definition) is 5. The third kappa shape index (κ3) is 1.93. The third-order valence-corrected chi connectivity index (χ3v) is 5.95. The van der Waals surface area contributed by atoms with Crippen LogP contribution in [0.25, 0.3) is 0 Å². The van der Waals surface area contributed by atoms with Crippen molar-refractivity contribution >= 4 is 35.3 Å². The molecule has 0 aromatic heterocycles. The lowest BCUT2D eigenvalue weighted by atomic mass is 9.79. The molecule has 25 heavy (non-hydrogen) atoms. The van der Waals surface area contributed by atoms with Gasteiger partial charge >= 0.3 is 6.03 Å². The molecule has 1 aromatic carbocycles. The van der Waals surface area contributed by atoms with E-state index in [2.05, 4.69) is 5.32 Å². The molecule has 2 heterocycles. The van der Waals surface area contributed by atoms with Crippen LogP contribution in [0.4, 0.5) is 4.79 Å². The minimum atomic E-state index is -1.45. The van der Waals surface area contributed by atoms with Gasteiger partial charge < -0.3 is 5.32 Å². The van der Waals surface area contributed by atoms with Gasteiger partial charge in [0.15, 0.2) is 11.3 Å². The topological polar surface area (TPSA) is 83.6 Å². The molecule has 1 aliphatic carbocycles. The van der Waals surface area contributed by atoms with Gasteiger partial charge in [-0.05, 0) is 20.8 Å². The summed E-state index contributed by atoms with van der Waals surface area (Å²) in [4.78, 5) is 52.9. The standard InChI is InChI=1S/C18H16N2O4S/c1-17(2,3)20-15(23)18(19-16(20)24)8-25-14-11(18)12(21)9-6-4-5-7-10(9)13(14)22/h4-7H,8H2,1-3H3,(H,19,24). The zero-order chi connectivity index (χ0) is 18.1. The number of Topliss-reactive ketones (excluding diaryl/α,β-unsaturated/α-hetero) is 2. The summed E-state index contributed by atoms with van der Waals surface area (Å²) >= 11 is 1.16. The molecule has 1 atom stereocenters. The third-order valence-electron chi connectivity index (χ3n) is 4.70. The number of fused-ring (bicyclic) bond motifs is 2. The van der Waals surface area contributed by atoms with Gasteiger partial charge in [0.2, 0.25) is 5.78 Å². The largest absolute Gasteiger partial charge is 0.325 e. The van der Waals surface area contributed by atoms with Crippen molar-refractivity contribution in [2.45, 2.75) is 31.8 Å². The van der Waals surface area contributed by atoms with Crippen LogP contribution in [-0.4, -0.2) is 45.2 Å². The van der Waals surface area contributed by atoms with Crippen molar-refractivity contribution in [3.8, 4) is 0 Å². The molecule has 6 nitrogen and oxygen atoms in total. The number of amides is 3. The van der Waals surface area contributed by atoms with Crippen molar-refractivity contribution in [1.29, 1.82) is 0 Å². The number of nitrogens with zero attached hydrogens (tertiary/aromatic N) is 1. The monoisotopic (exact) mass is 356 g/mol. The van der Waals surface area contributed by atoms with Crippen LogP contribution in [0.15, 0.2) is 34.7 Å². The number of ketones is 2. The fourth-order valence-corrected chi connectivity index (χ4v) is 4.94. The molecule has 7 heteroatoms. The van der Waals surface area contributed by atoms with Gasteiger partial charge in [0, 0.05) is 22.4 Å². The number of thioether (sulfide) groups is 1. The fraction of sp³-hybridized carbons (Fsp3) is 0.333. The molecule has 3 aliphatic rings. The van der Waals surface area contributed by atoms with Crippen LogP contribution < -0.4 is 5.32 Å². The van der Waals surface area contributed by atoms with Crippen molar-refractivity contribution in [3.63, 3.8) is 0 Å². The SMILES string of the molecule is CC(C)(C)N1C(=O)NC2(CSC3=C2C(=O)c2ccccc2C3=O)C1=O. The summed E-state index contributed by atoms with van der Waals surface area (Å²) in [5.74, 6) is -0.939. The average molecular weight is 356 g/mol. The molecular formula is C18H16N2O4S. The number of urea groups is 1. The zero-order valence-corrected chi connectivity index (χ0v) is 14.8. The lowest BCUT2D eigenvalue weighted by Gasteiger charge is -2.31. The van der Waals surface area contributed by atoms with E-state index < -0.39 is 23.0 Å². The number of allylic oxidation sites excluding steroid dienone is 1. The second kappa shape index (κ2) is 4.82. The van der Waals surface area contributed by atoms with E-state index >= 15 is 0 Å². The van der Waals surface area contributed by atoms with Crippen LogP contribution in [0.1, 0.15) is 41.5 Å². The van der Waals surface area contributed by atoms with Gasteiger partial charge in [0.05, 0.1) is 10.5 Å². The maximum atomic E-state index is 13.1. The van der Waals surface area contributed by atoms with Crippen molar-refractivity contribution in [1.82, 2.24) is 10.2 Å². The van der Waals surface area contributed by atoms with E-state index in [1.165, 1.54) is 0 Å². The Hall–Kier alpha value is -2.41. The lowest BCUT2D eigenvalue weighted by Crippen LogP contribution is -2.53. The Bertz CT molecular complexity index is 912. The van der Waals surface area contributed by atoms with Gasteiger partial charge in [-0.1, -0.05) is 24.3 Å². The van der Waals surface area contributed by atoms with E-state index in [4.69, 9.17) is 0 Å². The van der Waals surface area contributed by atoms with Crippen LogP contribution in [-0.2, 0) is 4.79 Å². The minimum absolute atomic E-state index is 0.117. The zero-order valence-electron chi connectivity index (χ0n) is 14.0. The molecule has 2 aliphatic heterocycles. The number of benzene rings is 1. The molecule has 3 amide bonds. The first-order chi connectivity index (χ1) is 11.7. The van der Waals surface area contributed by atoms with E-state index in [9.17, 15) is 19.2 Å². The summed E-state index contributed by atoms with van der Waals surface area (Å²) in [5.41, 5.74) is -1.43. The highest BCUT2D eigenvalue weighted by atomic mass is 32.2. The second-order valence-corrected chi connectivity index (χ2v) is 8.33. The van der Waals surface area contributed by atoms with Crippen molar-refractivity contribution in [2.75, 3.05) is 5.75 Å². The minimum Gasteiger partial charge on any atom is -0.318 e. The smallest absolute Gasteiger partial charge is 0.318 e. The highest BCUT2D eigenvalue weighted by Gasteiger charge is 2.62. The number of rotatable bonds is 0. The molecule has 0 bridgehead atoms. The van der Waals surface area contributed by atoms with Crippen LogP contribution in [0.5, 0.6) is 0 Å². The van der Waals surface area contributed by atoms with Crippen LogP contribution >= 0.6 is 11.8 Å². The number of nitrogens with one attached hydrogen (secondary N) is 1. The molecule has 0 saturated carbocycles. The molecule has 0 radical (unpaired) electrons. The Morgan fingerprint density at radius 2 is 1.64 bits per heavy atom. The quantitative estimate of drug-likeness (QED) is 0.720. The summed E-state index contributed by atoms with van der Waals surface area (Å²) in [5, 5.41) is 2.70. The highest BCUT2D eigenvalue weighted by molar-refractivity contribution is 8.04. The number of carbonyl (C=O) groups excluding carboxylic acids is 4. The molecule has 1 aromatic rings. The van der Waals surface area contributed by atoms with Gasteiger partial charge in [-0.3, -0.25) is 19.3 Å². The Morgan fingerprint density at radius 3 is 2.20 bits per heavy atom. The summed E-state index contributed by atoms with van der Waals surface area (Å²) in [6.45, 7) is 5.26. The van der Waals surface area contributed by atoms with Crippen LogP contribution in [0.2, 0.25) is 0 Å². The summed E-state index contributed by atoms with van der Waals surface area (Å²) in [7, 11) is 0. The molecular weight excluding hydrogens is 340 g/mol. The van der Waals surface area contributed by atoms with E-state index in [0.29, 0.717) is 5.56 Å². The van der Waals surface area contributed by atoms with Gasteiger partial charge in [-0.15, -0.1) is 11.8 Å². The molecule has 1 fully saturated rings. The molecule has 1 saturated heterocycles. The maximum absolute atomic E-state index is 13.1. The first-order valence-electron chi connectivity index (χ1n) is 7.91. The van der Waals surface area contributed by atoms with E-state index in [1.54, 1.807) is 45.0 Å². The lowest BCUT2D eigenvalue weighted by molar-refractivity contribution is -0.132. The Balaban J connectivity index is 1.89. The van der Waals surface area contributed by atoms with E-state index in [0.717, 1.165) is 16.7 Å². The number of hydrogen-bond donors (Lipinski definition) is 1. The number of imide groups is 1. The predicted molar refractivity (Wildman–Crippen MR) is 92.4 cm³/mol. The van der Waals surface area contributed by atoms with E-state index in [-0.39, 0.29) is 33.4 Å². The van der Waals surface area contributed by atoms with Gasteiger partial charge in [-0.25, -0.2) is 4.79 Å². The van der Waals surface area contributed by atoms with E-state index in [1.807, 2.05) is 0 Å². The molecule has 4 rings (SSSR count). The summed E-state index contributed by atoms with van der Waals surface area (Å²) in [6.07, 6.45) is 0. The Morgan fingerprint density at radius 1 is 1.04 bits per heavy atom.